The second-order valence-electron chi connectivity index (χ2n) is 8.96. The van der Waals surface area contributed by atoms with Crippen molar-refractivity contribution in [1.29, 1.82) is 0 Å². The molecule has 2 fully saturated rings. The summed E-state index contributed by atoms with van der Waals surface area (Å²) in [6.07, 6.45) is -1.65. The molecule has 1 saturated heterocycles. The third-order valence-corrected chi connectivity index (χ3v) is 6.67. The quantitative estimate of drug-likeness (QED) is 0.650. The second-order valence-corrected chi connectivity index (χ2v) is 8.96. The number of anilines is 2. The minimum absolute atomic E-state index is 0.303. The fraction of sp³-hybridized carbons (Fsp3) is 0.458. The predicted octanol–water partition coefficient (Wildman–Crippen LogP) is 5.05. The van der Waals surface area contributed by atoms with Crippen LogP contribution in [0.3, 0.4) is 0 Å². The van der Waals surface area contributed by atoms with Gasteiger partial charge in [0.25, 0.3) is 0 Å². The molecule has 4 nitrogen and oxygen atoms in total. The highest BCUT2D eigenvalue weighted by atomic mass is 19.4. The van der Waals surface area contributed by atoms with E-state index in [1.54, 1.807) is 18.2 Å². The van der Waals surface area contributed by atoms with E-state index in [1.807, 2.05) is 19.0 Å². The Hall–Kier alpha value is -2.61. The first-order chi connectivity index (χ1) is 15.1. The molecule has 1 heterocycles. The van der Waals surface area contributed by atoms with Crippen LogP contribution in [-0.4, -0.2) is 44.0 Å². The molecule has 0 radical (unpaired) electrons. The molecule has 1 N–H and O–H groups in total. The number of halogens is 4. The van der Waals surface area contributed by atoms with E-state index < -0.39 is 28.9 Å². The zero-order chi connectivity index (χ0) is 23.1. The topological polar surface area (TPSA) is 35.6 Å². The van der Waals surface area contributed by atoms with Gasteiger partial charge in [-0.1, -0.05) is 18.2 Å². The fourth-order valence-corrected chi connectivity index (χ4v) is 4.48. The van der Waals surface area contributed by atoms with Crippen LogP contribution < -0.4 is 10.2 Å². The van der Waals surface area contributed by atoms with Crippen molar-refractivity contribution in [3.05, 3.63) is 59.4 Å². The van der Waals surface area contributed by atoms with Gasteiger partial charge in [-0.25, -0.2) is 4.39 Å². The zero-order valence-corrected chi connectivity index (χ0v) is 18.2. The molecule has 32 heavy (non-hydrogen) atoms. The third-order valence-electron chi connectivity index (χ3n) is 6.67. The lowest BCUT2D eigenvalue weighted by Crippen LogP contribution is -2.42. The van der Waals surface area contributed by atoms with Crippen molar-refractivity contribution in [3.8, 4) is 0 Å². The van der Waals surface area contributed by atoms with Gasteiger partial charge in [-0.3, -0.25) is 4.79 Å². The molecule has 0 unspecified atom stereocenters. The van der Waals surface area contributed by atoms with E-state index in [1.165, 1.54) is 12.1 Å². The van der Waals surface area contributed by atoms with Gasteiger partial charge in [-0.05, 0) is 69.6 Å². The first kappa shape index (κ1) is 22.6. The van der Waals surface area contributed by atoms with Gasteiger partial charge in [0.2, 0.25) is 5.91 Å². The molecule has 1 saturated carbocycles. The van der Waals surface area contributed by atoms with Gasteiger partial charge in [0.15, 0.2) is 0 Å². The van der Waals surface area contributed by atoms with E-state index in [0.29, 0.717) is 35.8 Å². The van der Waals surface area contributed by atoms with E-state index in [4.69, 9.17) is 0 Å². The number of benzene rings is 2. The number of hydrogen-bond donors (Lipinski definition) is 1. The molecule has 2 aromatic carbocycles. The predicted molar refractivity (Wildman–Crippen MR) is 116 cm³/mol. The maximum atomic E-state index is 14.8. The van der Waals surface area contributed by atoms with Crippen LogP contribution >= 0.6 is 0 Å². The fourth-order valence-electron chi connectivity index (χ4n) is 4.48. The Morgan fingerprint density at radius 1 is 1.09 bits per heavy atom. The molecule has 4 rings (SSSR count). The van der Waals surface area contributed by atoms with Crippen molar-refractivity contribution in [3.63, 3.8) is 0 Å². The van der Waals surface area contributed by atoms with Crippen LogP contribution in [0.4, 0.5) is 28.9 Å². The Kier molecular flexibility index (Phi) is 5.92. The van der Waals surface area contributed by atoms with Gasteiger partial charge < -0.3 is 15.1 Å². The SMILES string of the molecule is CN(C)C1CCN(c2ccc(NC(=O)C3(c4cccc(C(F)(F)F)c4)CC3)cc2F)CC1. The van der Waals surface area contributed by atoms with Crippen LogP contribution in [0.2, 0.25) is 0 Å². The van der Waals surface area contributed by atoms with Crippen molar-refractivity contribution < 1.29 is 22.4 Å². The van der Waals surface area contributed by atoms with Gasteiger partial charge >= 0.3 is 6.18 Å². The third kappa shape index (κ3) is 4.46. The van der Waals surface area contributed by atoms with E-state index in [9.17, 15) is 22.4 Å². The maximum absolute atomic E-state index is 14.8. The molecule has 0 atom stereocenters. The van der Waals surface area contributed by atoms with Crippen molar-refractivity contribution >= 4 is 17.3 Å². The lowest BCUT2D eigenvalue weighted by molar-refractivity contribution is -0.137. The van der Waals surface area contributed by atoms with Crippen molar-refractivity contribution in [2.75, 3.05) is 37.4 Å². The highest BCUT2D eigenvalue weighted by Gasteiger charge is 2.51. The minimum Gasteiger partial charge on any atom is -0.369 e. The number of piperidine rings is 1. The van der Waals surface area contributed by atoms with Crippen LogP contribution in [0.25, 0.3) is 0 Å². The molecule has 172 valence electrons. The molecule has 0 spiro atoms. The molecule has 0 aromatic heterocycles. The summed E-state index contributed by atoms with van der Waals surface area (Å²) in [7, 11) is 4.09. The highest BCUT2D eigenvalue weighted by molar-refractivity contribution is 6.01. The smallest absolute Gasteiger partial charge is 0.369 e. The standard InChI is InChI=1S/C24H27F4N3O/c1-30(2)19-8-12-31(13-9-19)21-7-6-18(15-20(21)25)29-22(32)23(10-11-23)16-4-3-5-17(14-16)24(26,27)28/h3-7,14-15,19H,8-13H2,1-2H3,(H,29,32). The lowest BCUT2D eigenvalue weighted by Gasteiger charge is -2.36. The van der Waals surface area contributed by atoms with Crippen LogP contribution in [0, 0.1) is 5.82 Å². The van der Waals surface area contributed by atoms with Gasteiger partial charge in [-0.2, -0.15) is 13.2 Å². The zero-order valence-electron chi connectivity index (χ0n) is 18.2. The van der Waals surface area contributed by atoms with Gasteiger partial charge in [0, 0.05) is 24.8 Å². The van der Waals surface area contributed by atoms with Crippen LogP contribution in [-0.2, 0) is 16.4 Å². The average Bonchev–Trinajstić information content (AvgIpc) is 3.56. The van der Waals surface area contributed by atoms with Crippen LogP contribution in [0.15, 0.2) is 42.5 Å². The van der Waals surface area contributed by atoms with E-state index in [0.717, 1.165) is 38.1 Å². The molecule has 1 aliphatic carbocycles. The number of carbonyl (C=O) groups excluding carboxylic acids is 1. The number of carbonyl (C=O) groups is 1. The summed E-state index contributed by atoms with van der Waals surface area (Å²) in [5.41, 5.74) is -0.630. The number of rotatable bonds is 5. The second kappa shape index (κ2) is 8.39. The minimum atomic E-state index is -4.47. The van der Waals surface area contributed by atoms with E-state index >= 15 is 0 Å². The number of nitrogens with one attached hydrogen (secondary N) is 1. The van der Waals surface area contributed by atoms with Gasteiger partial charge in [0.1, 0.15) is 5.82 Å². The van der Waals surface area contributed by atoms with Crippen molar-refractivity contribution in [2.24, 2.45) is 0 Å². The monoisotopic (exact) mass is 449 g/mol. The summed E-state index contributed by atoms with van der Waals surface area (Å²) in [5, 5.41) is 2.71. The summed E-state index contributed by atoms with van der Waals surface area (Å²) in [6.45, 7) is 1.51. The Balaban J connectivity index is 1.46. The number of nitrogens with zero attached hydrogens (tertiary/aromatic N) is 2. The average molecular weight is 449 g/mol. The molecule has 0 bridgehead atoms. The number of amides is 1. The number of hydrogen-bond acceptors (Lipinski definition) is 3. The van der Waals surface area contributed by atoms with Crippen molar-refractivity contribution in [1.82, 2.24) is 4.90 Å². The van der Waals surface area contributed by atoms with Gasteiger partial charge in [-0.15, -0.1) is 0 Å². The van der Waals surface area contributed by atoms with Gasteiger partial charge in [0.05, 0.1) is 16.7 Å². The number of alkyl halides is 3. The summed E-state index contributed by atoms with van der Waals surface area (Å²) >= 11 is 0. The summed E-state index contributed by atoms with van der Waals surface area (Å²) in [5.74, 6) is -0.828. The Labute approximate surface area is 185 Å². The molecule has 2 aliphatic rings. The summed E-state index contributed by atoms with van der Waals surface area (Å²) in [6, 6.07) is 9.97. The lowest BCUT2D eigenvalue weighted by atomic mass is 9.93. The first-order valence-corrected chi connectivity index (χ1v) is 10.8. The Bertz CT molecular complexity index is 993. The summed E-state index contributed by atoms with van der Waals surface area (Å²) < 4.78 is 54.0. The largest absolute Gasteiger partial charge is 0.416 e. The van der Waals surface area contributed by atoms with E-state index in [2.05, 4.69) is 10.2 Å². The first-order valence-electron chi connectivity index (χ1n) is 10.8. The summed E-state index contributed by atoms with van der Waals surface area (Å²) in [4.78, 5) is 17.1. The molecular formula is C24H27F4N3O. The Morgan fingerprint density at radius 3 is 2.34 bits per heavy atom. The molecule has 8 heteroatoms. The maximum Gasteiger partial charge on any atom is 0.416 e. The molecule has 1 amide bonds. The van der Waals surface area contributed by atoms with Crippen molar-refractivity contribution in [2.45, 2.75) is 43.3 Å². The molecule has 2 aromatic rings. The highest BCUT2D eigenvalue weighted by Crippen LogP contribution is 2.50. The van der Waals surface area contributed by atoms with Crippen LogP contribution in [0.1, 0.15) is 36.8 Å². The Morgan fingerprint density at radius 2 is 1.78 bits per heavy atom. The molecular weight excluding hydrogens is 422 g/mol. The van der Waals surface area contributed by atoms with Crippen LogP contribution in [0.5, 0.6) is 0 Å². The van der Waals surface area contributed by atoms with E-state index in [-0.39, 0.29) is 0 Å². The normalized spacial score (nSPS) is 18.7. The molecule has 1 aliphatic heterocycles.